The van der Waals surface area contributed by atoms with Crippen molar-refractivity contribution >= 4 is 28.2 Å². The number of anilines is 1. The van der Waals surface area contributed by atoms with Crippen molar-refractivity contribution in [2.75, 3.05) is 12.0 Å². The van der Waals surface area contributed by atoms with E-state index in [9.17, 15) is 14.7 Å². The van der Waals surface area contributed by atoms with E-state index in [1.165, 1.54) is 35.5 Å². The number of carbonyl (C=O) groups is 2. The van der Waals surface area contributed by atoms with E-state index < -0.39 is 17.7 Å². The molecule has 1 atom stereocenters. The molecule has 0 spiro atoms. The number of aromatic nitrogens is 2. The van der Waals surface area contributed by atoms with E-state index in [4.69, 9.17) is 4.74 Å². The van der Waals surface area contributed by atoms with Gasteiger partial charge < -0.3 is 9.84 Å². The Bertz CT molecular complexity index is 1320. The van der Waals surface area contributed by atoms with E-state index in [-0.39, 0.29) is 16.7 Å². The Kier molecular flexibility index (Phi) is 7.27. The lowest BCUT2D eigenvalue weighted by Gasteiger charge is -2.25. The summed E-state index contributed by atoms with van der Waals surface area (Å²) in [6.07, 6.45) is 10.4. The number of aliphatic hydroxyl groups is 1. The Hall–Kier alpha value is -3.26. The number of allylic oxidation sites excluding steroid dienone is 4. The van der Waals surface area contributed by atoms with E-state index in [1.807, 2.05) is 24.3 Å². The summed E-state index contributed by atoms with van der Waals surface area (Å²) in [5, 5.41) is 21.6. The van der Waals surface area contributed by atoms with Crippen molar-refractivity contribution in [3.05, 3.63) is 75.2 Å². The van der Waals surface area contributed by atoms with Crippen LogP contribution in [0, 0.1) is 0 Å². The minimum absolute atomic E-state index is 0.0488. The molecule has 200 valence electrons. The van der Waals surface area contributed by atoms with Crippen LogP contribution in [0.25, 0.3) is 0 Å². The lowest BCUT2D eigenvalue weighted by Crippen LogP contribution is -2.29. The standard InChI is InChI=1S/C30H35N3O4S/c1-30(2,3)21-14-10-18(11-15-21)24-23(25(34)19-12-16-22(37-4)17-13-19)26(35)28(36)33(24)29-32-31-27(38-29)20-8-6-5-7-9-20/h10-12,14-16,20,24,34H,5-9,13,17H2,1-4H3. The molecule has 7 nitrogen and oxygen atoms in total. The first-order valence-corrected chi connectivity index (χ1v) is 14.2. The molecule has 1 saturated carbocycles. The van der Waals surface area contributed by atoms with E-state index in [2.05, 4.69) is 31.0 Å². The predicted molar refractivity (Wildman–Crippen MR) is 148 cm³/mol. The van der Waals surface area contributed by atoms with Crippen LogP contribution in [0.3, 0.4) is 0 Å². The zero-order valence-electron chi connectivity index (χ0n) is 22.5. The van der Waals surface area contributed by atoms with Gasteiger partial charge in [0.1, 0.15) is 10.8 Å². The third-order valence-corrected chi connectivity index (χ3v) is 8.89. The fourth-order valence-electron chi connectivity index (χ4n) is 5.51. The number of ketones is 1. The van der Waals surface area contributed by atoms with Crippen molar-refractivity contribution in [2.45, 2.75) is 83.1 Å². The molecule has 2 aliphatic carbocycles. The molecule has 8 heteroatoms. The largest absolute Gasteiger partial charge is 0.507 e. The fourth-order valence-corrected chi connectivity index (χ4v) is 6.55. The summed E-state index contributed by atoms with van der Waals surface area (Å²) in [6.45, 7) is 6.42. The van der Waals surface area contributed by atoms with Gasteiger partial charge in [0, 0.05) is 12.3 Å². The molecule has 1 aromatic heterocycles. The third kappa shape index (κ3) is 4.94. The number of aliphatic hydroxyl groups excluding tert-OH is 1. The van der Waals surface area contributed by atoms with Crippen LogP contribution in [0.2, 0.25) is 0 Å². The molecule has 1 N–H and O–H groups in total. The van der Waals surface area contributed by atoms with Crippen molar-refractivity contribution in [3.63, 3.8) is 0 Å². The zero-order chi connectivity index (χ0) is 27.0. The van der Waals surface area contributed by atoms with Crippen LogP contribution in [0.15, 0.2) is 59.1 Å². The van der Waals surface area contributed by atoms with E-state index in [0.29, 0.717) is 29.5 Å². The molecule has 2 fully saturated rings. The third-order valence-electron chi connectivity index (χ3n) is 7.80. The number of Topliss-reactive ketones (excluding diaryl/α,β-unsaturated/α-hetero) is 1. The van der Waals surface area contributed by atoms with Crippen LogP contribution in [0.1, 0.15) is 93.8 Å². The van der Waals surface area contributed by atoms with Gasteiger partial charge >= 0.3 is 5.91 Å². The average molecular weight is 534 g/mol. The van der Waals surface area contributed by atoms with Crippen LogP contribution in [0.5, 0.6) is 0 Å². The average Bonchev–Trinajstić information content (AvgIpc) is 3.51. The van der Waals surface area contributed by atoms with E-state index >= 15 is 0 Å². The molecular formula is C30H35N3O4S. The van der Waals surface area contributed by atoms with Gasteiger partial charge in [-0.05, 0) is 47.5 Å². The maximum atomic E-state index is 13.5. The van der Waals surface area contributed by atoms with E-state index in [1.54, 1.807) is 19.3 Å². The molecule has 38 heavy (non-hydrogen) atoms. The monoisotopic (exact) mass is 533 g/mol. The van der Waals surface area contributed by atoms with Crippen molar-refractivity contribution in [2.24, 2.45) is 0 Å². The first-order valence-electron chi connectivity index (χ1n) is 13.4. The summed E-state index contributed by atoms with van der Waals surface area (Å²) >= 11 is 1.39. The first kappa shape index (κ1) is 26.4. The molecule has 2 aromatic rings. The maximum absolute atomic E-state index is 13.5. The van der Waals surface area contributed by atoms with Gasteiger partial charge in [-0.15, -0.1) is 10.2 Å². The number of carbonyl (C=O) groups excluding carboxylic acids is 2. The molecule has 1 aromatic carbocycles. The summed E-state index contributed by atoms with van der Waals surface area (Å²) in [7, 11) is 1.61. The highest BCUT2D eigenvalue weighted by molar-refractivity contribution is 7.15. The van der Waals surface area contributed by atoms with Crippen molar-refractivity contribution < 1.29 is 19.4 Å². The molecule has 1 aliphatic heterocycles. The van der Waals surface area contributed by atoms with Gasteiger partial charge in [-0.1, -0.05) is 81.7 Å². The number of hydrogen-bond donors (Lipinski definition) is 1. The van der Waals surface area contributed by atoms with Crippen LogP contribution in [0.4, 0.5) is 5.13 Å². The van der Waals surface area contributed by atoms with Crippen molar-refractivity contribution in [3.8, 4) is 0 Å². The Balaban J connectivity index is 1.60. The second-order valence-electron chi connectivity index (χ2n) is 11.3. The summed E-state index contributed by atoms with van der Waals surface area (Å²) in [5.74, 6) is -0.387. The van der Waals surface area contributed by atoms with Gasteiger partial charge in [0.05, 0.1) is 24.5 Å². The number of amides is 1. The Morgan fingerprint density at radius 2 is 1.74 bits per heavy atom. The molecule has 0 radical (unpaired) electrons. The lowest BCUT2D eigenvalue weighted by atomic mass is 9.85. The number of ether oxygens (including phenoxy) is 1. The van der Waals surface area contributed by atoms with Gasteiger partial charge in [-0.3, -0.25) is 14.5 Å². The summed E-state index contributed by atoms with van der Waals surface area (Å²) in [6, 6.07) is 7.15. The van der Waals surface area contributed by atoms with Gasteiger partial charge in [0.25, 0.3) is 5.78 Å². The summed E-state index contributed by atoms with van der Waals surface area (Å²) in [4.78, 5) is 28.4. The highest BCUT2D eigenvalue weighted by Gasteiger charge is 2.48. The number of hydrogen-bond acceptors (Lipinski definition) is 7. The van der Waals surface area contributed by atoms with Crippen molar-refractivity contribution in [1.29, 1.82) is 0 Å². The van der Waals surface area contributed by atoms with Crippen LogP contribution in [-0.2, 0) is 19.7 Å². The SMILES string of the molecule is COC1=CC=C(C(O)=C2C(=O)C(=O)N(c3nnc(C4CCCCC4)s3)C2c2ccc(C(C)(C)C)cc2)CC1. The zero-order valence-corrected chi connectivity index (χ0v) is 23.3. The number of methoxy groups -OCH3 is 1. The molecule has 1 saturated heterocycles. The van der Waals surface area contributed by atoms with E-state index in [0.717, 1.165) is 34.7 Å². The Morgan fingerprint density at radius 1 is 1.03 bits per heavy atom. The topological polar surface area (TPSA) is 92.6 Å². The summed E-state index contributed by atoms with van der Waals surface area (Å²) in [5.41, 5.74) is 2.54. The number of benzene rings is 1. The van der Waals surface area contributed by atoms with Gasteiger partial charge in [-0.2, -0.15) is 0 Å². The van der Waals surface area contributed by atoms with Crippen LogP contribution in [-0.4, -0.2) is 34.1 Å². The lowest BCUT2D eigenvalue weighted by molar-refractivity contribution is -0.132. The van der Waals surface area contributed by atoms with Crippen LogP contribution >= 0.6 is 11.3 Å². The maximum Gasteiger partial charge on any atom is 0.301 e. The molecule has 3 aliphatic rings. The molecule has 2 heterocycles. The first-order chi connectivity index (χ1) is 18.2. The molecular weight excluding hydrogens is 498 g/mol. The normalized spacial score (nSPS) is 22.4. The predicted octanol–water partition coefficient (Wildman–Crippen LogP) is 6.60. The minimum atomic E-state index is -0.787. The highest BCUT2D eigenvalue weighted by Crippen LogP contribution is 2.45. The molecule has 1 amide bonds. The second kappa shape index (κ2) is 10.5. The van der Waals surface area contributed by atoms with Gasteiger partial charge in [0.15, 0.2) is 0 Å². The van der Waals surface area contributed by atoms with Crippen molar-refractivity contribution in [1.82, 2.24) is 10.2 Å². The van der Waals surface area contributed by atoms with Gasteiger partial charge in [-0.25, -0.2) is 0 Å². The molecule has 5 rings (SSSR count). The summed E-state index contributed by atoms with van der Waals surface area (Å²) < 4.78 is 5.31. The van der Waals surface area contributed by atoms with Crippen LogP contribution < -0.4 is 4.90 Å². The number of rotatable bonds is 5. The fraction of sp³-hybridized carbons (Fsp3) is 0.467. The number of nitrogens with zero attached hydrogens (tertiary/aromatic N) is 3. The quantitative estimate of drug-likeness (QED) is 0.264. The highest BCUT2D eigenvalue weighted by atomic mass is 32.1. The Morgan fingerprint density at radius 3 is 2.34 bits per heavy atom. The van der Waals surface area contributed by atoms with Gasteiger partial charge in [0.2, 0.25) is 5.13 Å². The molecule has 0 bridgehead atoms. The molecule has 1 unspecified atom stereocenters. The second-order valence-corrected chi connectivity index (χ2v) is 12.3. The minimum Gasteiger partial charge on any atom is -0.507 e. The smallest absolute Gasteiger partial charge is 0.301 e. The Labute approximate surface area is 227 Å².